The number of Topliss-reactive ketones (excluding diaryl/α,β-unsaturated/α-hetero) is 2. The maximum Gasteiger partial charge on any atom is 0.223 e. The summed E-state index contributed by atoms with van der Waals surface area (Å²) in [6, 6.07) is 9.72. The zero-order valence-electron chi connectivity index (χ0n) is 16.1. The number of nitrogens with one attached hydrogen (secondary N) is 1. The van der Waals surface area contributed by atoms with Crippen molar-refractivity contribution in [1.82, 2.24) is 5.32 Å². The summed E-state index contributed by atoms with van der Waals surface area (Å²) < 4.78 is 0. The maximum atomic E-state index is 12.6. The van der Waals surface area contributed by atoms with Crippen LogP contribution in [0.5, 0.6) is 0 Å². The van der Waals surface area contributed by atoms with Crippen LogP contribution in [-0.4, -0.2) is 23.5 Å². The van der Waals surface area contributed by atoms with Gasteiger partial charge in [-0.05, 0) is 55.7 Å². The van der Waals surface area contributed by atoms with Crippen LogP contribution in [0, 0.1) is 5.92 Å². The molecule has 2 aliphatic rings. The second-order valence-electron chi connectivity index (χ2n) is 7.70. The van der Waals surface area contributed by atoms with Gasteiger partial charge in [-0.15, -0.1) is 0 Å². The van der Waals surface area contributed by atoms with Gasteiger partial charge in [-0.2, -0.15) is 0 Å². The second-order valence-corrected chi connectivity index (χ2v) is 8.14. The molecule has 0 aromatic heterocycles. The molecule has 1 amide bonds. The molecular weight excluding hydrogens is 374 g/mol. The molecule has 0 unspecified atom stereocenters. The van der Waals surface area contributed by atoms with E-state index in [4.69, 9.17) is 11.6 Å². The lowest BCUT2D eigenvalue weighted by Gasteiger charge is -2.17. The predicted octanol–water partition coefficient (Wildman–Crippen LogP) is 4.45. The third-order valence-corrected chi connectivity index (χ3v) is 5.97. The minimum Gasteiger partial charge on any atom is -0.346 e. The largest absolute Gasteiger partial charge is 0.346 e. The predicted molar refractivity (Wildman–Crippen MR) is 110 cm³/mol. The Kier molecular flexibility index (Phi) is 6.84. The first-order chi connectivity index (χ1) is 13.4. The Balaban J connectivity index is 1.47. The number of benzene rings is 1. The van der Waals surface area contributed by atoms with Crippen molar-refractivity contribution in [2.75, 3.05) is 0 Å². The minimum absolute atomic E-state index is 0.00629. The van der Waals surface area contributed by atoms with Crippen LogP contribution in [0.2, 0.25) is 0 Å². The first kappa shape index (κ1) is 20.5. The molecule has 0 bridgehead atoms. The standard InChI is InChI=1S/C23H26ClNO3/c1-15(21(26)11-9-18-14-20(24)10-12-22(18)27)25-23(28)19-8-7-17(13-19)16-5-3-2-4-6-16/h2-6,10,14-15,17,19H,7-9,11-13H2,1H3,(H,25,28)/t15-,17+,19+/m0/s1. The van der Waals surface area contributed by atoms with Crippen molar-refractivity contribution in [3.63, 3.8) is 0 Å². The van der Waals surface area contributed by atoms with Gasteiger partial charge in [0.05, 0.1) is 6.04 Å². The molecule has 3 atom stereocenters. The van der Waals surface area contributed by atoms with Gasteiger partial charge in [0.15, 0.2) is 11.6 Å². The highest BCUT2D eigenvalue weighted by atomic mass is 35.5. The van der Waals surface area contributed by atoms with Gasteiger partial charge in [0, 0.05) is 23.8 Å². The summed E-state index contributed by atoms with van der Waals surface area (Å²) in [7, 11) is 0. The average Bonchev–Trinajstić information content (AvgIpc) is 3.19. The number of amides is 1. The summed E-state index contributed by atoms with van der Waals surface area (Å²) in [5.74, 6) is 0.257. The summed E-state index contributed by atoms with van der Waals surface area (Å²) in [6.45, 7) is 1.72. The zero-order chi connectivity index (χ0) is 20.1. The molecule has 0 heterocycles. The number of hydrogen-bond donors (Lipinski definition) is 1. The Morgan fingerprint density at radius 3 is 2.71 bits per heavy atom. The number of carbonyl (C=O) groups excluding carboxylic acids is 3. The molecule has 1 N–H and O–H groups in total. The lowest BCUT2D eigenvalue weighted by Crippen LogP contribution is -2.41. The molecule has 0 saturated heterocycles. The highest BCUT2D eigenvalue weighted by Gasteiger charge is 2.32. The van der Waals surface area contributed by atoms with Gasteiger partial charge in [-0.1, -0.05) is 48.0 Å². The van der Waals surface area contributed by atoms with Crippen LogP contribution in [0.25, 0.3) is 0 Å². The van der Waals surface area contributed by atoms with E-state index in [9.17, 15) is 14.4 Å². The van der Waals surface area contributed by atoms with Crippen molar-refractivity contribution in [1.29, 1.82) is 0 Å². The Hall–Kier alpha value is -2.20. The molecule has 3 rings (SSSR count). The molecule has 1 aromatic rings. The lowest BCUT2D eigenvalue weighted by atomic mass is 9.95. The van der Waals surface area contributed by atoms with Crippen molar-refractivity contribution in [3.8, 4) is 0 Å². The van der Waals surface area contributed by atoms with Gasteiger partial charge in [0.2, 0.25) is 5.91 Å². The van der Waals surface area contributed by atoms with Crippen molar-refractivity contribution in [3.05, 3.63) is 58.7 Å². The fourth-order valence-corrected chi connectivity index (χ4v) is 4.18. The van der Waals surface area contributed by atoms with Crippen LogP contribution in [0.4, 0.5) is 0 Å². The highest BCUT2D eigenvalue weighted by Crippen LogP contribution is 2.38. The lowest BCUT2D eigenvalue weighted by molar-refractivity contribution is -0.129. The summed E-state index contributed by atoms with van der Waals surface area (Å²) in [5.41, 5.74) is 1.86. The van der Waals surface area contributed by atoms with Gasteiger partial charge in [0.25, 0.3) is 0 Å². The molecule has 0 aliphatic heterocycles. The highest BCUT2D eigenvalue weighted by molar-refractivity contribution is 6.32. The van der Waals surface area contributed by atoms with E-state index >= 15 is 0 Å². The molecule has 1 fully saturated rings. The van der Waals surface area contributed by atoms with E-state index < -0.39 is 6.04 Å². The van der Waals surface area contributed by atoms with Crippen molar-refractivity contribution < 1.29 is 14.4 Å². The summed E-state index contributed by atoms with van der Waals surface area (Å²) in [4.78, 5) is 36.9. The first-order valence-corrected chi connectivity index (χ1v) is 10.3. The molecule has 5 heteroatoms. The SMILES string of the molecule is C[C@H](NC(=O)[C@@H]1CC[C@@H](c2ccccc2)C1)C(=O)CCC1=CC(Cl)=CCC1=O. The Morgan fingerprint density at radius 2 is 1.96 bits per heavy atom. The molecule has 1 saturated carbocycles. The summed E-state index contributed by atoms with van der Waals surface area (Å²) in [6.07, 6.45) is 6.84. The third kappa shape index (κ3) is 5.20. The van der Waals surface area contributed by atoms with E-state index in [1.165, 1.54) is 5.56 Å². The number of ketones is 2. The first-order valence-electron chi connectivity index (χ1n) is 9.91. The summed E-state index contributed by atoms with van der Waals surface area (Å²) >= 11 is 5.94. The molecular formula is C23H26ClNO3. The number of allylic oxidation sites excluding steroid dienone is 4. The number of hydrogen-bond acceptors (Lipinski definition) is 3. The molecule has 4 nitrogen and oxygen atoms in total. The van der Waals surface area contributed by atoms with Crippen molar-refractivity contribution >= 4 is 29.1 Å². The van der Waals surface area contributed by atoms with Crippen LogP contribution in [-0.2, 0) is 14.4 Å². The fraction of sp³-hybridized carbons (Fsp3) is 0.435. The van der Waals surface area contributed by atoms with E-state index in [0.717, 1.165) is 19.3 Å². The van der Waals surface area contributed by atoms with Crippen LogP contribution in [0.1, 0.15) is 56.9 Å². The normalized spacial score (nSPS) is 23.0. The van der Waals surface area contributed by atoms with Crippen LogP contribution >= 0.6 is 11.6 Å². The van der Waals surface area contributed by atoms with Crippen molar-refractivity contribution in [2.45, 2.75) is 57.4 Å². The zero-order valence-corrected chi connectivity index (χ0v) is 16.9. The van der Waals surface area contributed by atoms with E-state index in [2.05, 4.69) is 17.4 Å². The fourth-order valence-electron chi connectivity index (χ4n) is 3.97. The van der Waals surface area contributed by atoms with Crippen LogP contribution < -0.4 is 5.32 Å². The Morgan fingerprint density at radius 1 is 1.21 bits per heavy atom. The molecule has 28 heavy (non-hydrogen) atoms. The van der Waals surface area contributed by atoms with Gasteiger partial charge in [0.1, 0.15) is 0 Å². The molecule has 0 radical (unpaired) electrons. The smallest absolute Gasteiger partial charge is 0.223 e. The minimum atomic E-state index is -0.548. The van der Waals surface area contributed by atoms with Crippen LogP contribution in [0.15, 0.2) is 53.1 Å². The quantitative estimate of drug-likeness (QED) is 0.736. The molecule has 0 spiro atoms. The van der Waals surface area contributed by atoms with Crippen molar-refractivity contribution in [2.24, 2.45) is 5.92 Å². The third-order valence-electron chi connectivity index (χ3n) is 5.71. The number of carbonyl (C=O) groups is 3. The summed E-state index contributed by atoms with van der Waals surface area (Å²) in [5, 5.41) is 3.41. The van der Waals surface area contributed by atoms with Gasteiger partial charge < -0.3 is 5.32 Å². The molecule has 148 valence electrons. The Bertz CT molecular complexity index is 812. The van der Waals surface area contributed by atoms with Gasteiger partial charge >= 0.3 is 0 Å². The molecule has 1 aromatic carbocycles. The molecule has 2 aliphatic carbocycles. The Labute approximate surface area is 171 Å². The monoisotopic (exact) mass is 399 g/mol. The van der Waals surface area contributed by atoms with Gasteiger partial charge in [-0.25, -0.2) is 0 Å². The number of halogens is 1. The van der Waals surface area contributed by atoms with Gasteiger partial charge in [-0.3, -0.25) is 14.4 Å². The van der Waals surface area contributed by atoms with E-state index in [1.54, 1.807) is 19.1 Å². The van der Waals surface area contributed by atoms with Crippen LogP contribution in [0.3, 0.4) is 0 Å². The van der Waals surface area contributed by atoms with E-state index in [1.807, 2.05) is 18.2 Å². The average molecular weight is 400 g/mol. The second kappa shape index (κ2) is 9.33. The topological polar surface area (TPSA) is 63.2 Å². The maximum absolute atomic E-state index is 12.6. The number of rotatable bonds is 7. The van der Waals surface area contributed by atoms with E-state index in [-0.39, 0.29) is 36.2 Å². The van der Waals surface area contributed by atoms with E-state index in [0.29, 0.717) is 22.9 Å².